The van der Waals surface area contributed by atoms with Crippen molar-refractivity contribution in [2.75, 3.05) is 6.54 Å². The number of aromatic nitrogens is 2. The van der Waals surface area contributed by atoms with Gasteiger partial charge in [0.05, 0.1) is 35.6 Å². The van der Waals surface area contributed by atoms with Crippen LogP contribution in [0, 0.1) is 13.8 Å². The number of hydrogen-bond acceptors (Lipinski definition) is 4. The molecule has 0 aliphatic carbocycles. The Hall–Kier alpha value is -2.28. The van der Waals surface area contributed by atoms with E-state index >= 15 is 0 Å². The van der Waals surface area contributed by atoms with Gasteiger partial charge in [0.1, 0.15) is 11.9 Å². The van der Waals surface area contributed by atoms with Crippen LogP contribution >= 0.6 is 23.2 Å². The van der Waals surface area contributed by atoms with Crippen LogP contribution in [0.4, 0.5) is 0 Å². The highest BCUT2D eigenvalue weighted by Crippen LogP contribution is 2.27. The maximum atomic E-state index is 12.3. The Morgan fingerprint density at radius 3 is 2.78 bits per heavy atom. The van der Waals surface area contributed by atoms with E-state index in [2.05, 4.69) is 10.4 Å². The number of carbonyl (C=O) groups is 1. The Bertz CT molecular complexity index is 952. The average molecular weight is 408 g/mol. The molecule has 142 valence electrons. The van der Waals surface area contributed by atoms with Crippen molar-refractivity contribution < 1.29 is 14.3 Å². The molecule has 3 rings (SSSR count). The van der Waals surface area contributed by atoms with Gasteiger partial charge in [0.2, 0.25) is 5.91 Å². The fourth-order valence-corrected chi connectivity index (χ4v) is 3.32. The van der Waals surface area contributed by atoms with Gasteiger partial charge in [-0.15, -0.1) is 0 Å². The molecular weight excluding hydrogens is 389 g/mol. The van der Waals surface area contributed by atoms with Crippen molar-refractivity contribution in [1.82, 2.24) is 15.1 Å². The van der Waals surface area contributed by atoms with Crippen LogP contribution in [0.3, 0.4) is 0 Å². The largest absolute Gasteiger partial charge is 0.467 e. The quantitative estimate of drug-likeness (QED) is 0.651. The summed E-state index contributed by atoms with van der Waals surface area (Å²) >= 11 is 12.2. The first-order valence-corrected chi connectivity index (χ1v) is 9.11. The van der Waals surface area contributed by atoms with E-state index in [1.807, 2.05) is 13.8 Å². The molecule has 0 fully saturated rings. The maximum absolute atomic E-state index is 12.3. The number of hydrogen-bond donors (Lipinski definition) is 2. The van der Waals surface area contributed by atoms with Crippen LogP contribution in [0.25, 0.3) is 5.69 Å². The third kappa shape index (κ3) is 4.35. The number of aliphatic hydroxyl groups excluding tert-OH is 1. The van der Waals surface area contributed by atoms with Crippen molar-refractivity contribution in [3.63, 3.8) is 0 Å². The van der Waals surface area contributed by atoms with Crippen LogP contribution in [0.1, 0.15) is 28.8 Å². The lowest BCUT2D eigenvalue weighted by atomic mass is 10.1. The molecular formula is C19H19Cl2N3O3. The third-order valence-electron chi connectivity index (χ3n) is 4.28. The molecule has 0 saturated heterocycles. The van der Waals surface area contributed by atoms with Crippen molar-refractivity contribution >= 4 is 29.1 Å². The minimum Gasteiger partial charge on any atom is -0.467 e. The van der Waals surface area contributed by atoms with Crippen molar-refractivity contribution in [3.8, 4) is 5.69 Å². The fraction of sp³-hybridized carbons (Fsp3) is 0.263. The Balaban J connectivity index is 1.72. The smallest absolute Gasteiger partial charge is 0.224 e. The molecule has 0 saturated carbocycles. The lowest BCUT2D eigenvalue weighted by Gasteiger charge is -2.10. The van der Waals surface area contributed by atoms with Gasteiger partial charge in [-0.2, -0.15) is 5.10 Å². The lowest BCUT2D eigenvalue weighted by Crippen LogP contribution is -2.29. The molecule has 0 aliphatic rings. The van der Waals surface area contributed by atoms with Gasteiger partial charge in [0.15, 0.2) is 0 Å². The van der Waals surface area contributed by atoms with Gasteiger partial charge in [-0.3, -0.25) is 4.79 Å². The van der Waals surface area contributed by atoms with Crippen LogP contribution in [0.2, 0.25) is 10.0 Å². The zero-order chi connectivity index (χ0) is 19.6. The predicted molar refractivity (Wildman–Crippen MR) is 103 cm³/mol. The molecule has 0 aliphatic heterocycles. The van der Waals surface area contributed by atoms with Crippen molar-refractivity contribution in [3.05, 3.63) is 69.4 Å². The molecule has 3 aromatic rings. The van der Waals surface area contributed by atoms with Crippen LogP contribution in [-0.4, -0.2) is 27.3 Å². The third-order valence-corrected chi connectivity index (χ3v) is 4.82. The number of carbonyl (C=O) groups excluding carboxylic acids is 1. The first-order valence-electron chi connectivity index (χ1n) is 8.35. The molecule has 27 heavy (non-hydrogen) atoms. The summed E-state index contributed by atoms with van der Waals surface area (Å²) in [7, 11) is 0. The van der Waals surface area contributed by atoms with Gasteiger partial charge in [-0.1, -0.05) is 23.2 Å². The number of nitrogens with one attached hydrogen (secondary N) is 1. The lowest BCUT2D eigenvalue weighted by molar-refractivity contribution is -0.121. The average Bonchev–Trinajstić information content (AvgIpc) is 3.24. The minimum atomic E-state index is -0.887. The standard InChI is InChI=1S/C19H19Cl2N3O3/c1-11-14(9-19(26)22-10-17(25)18-4-3-7-27-18)12(2)24(23-11)16-6-5-13(20)8-15(16)21/h3-8,17,25H,9-10H2,1-2H3,(H,22,26). The van der Waals surface area contributed by atoms with Gasteiger partial charge >= 0.3 is 0 Å². The predicted octanol–water partition coefficient (Wildman–Crippen LogP) is 3.78. The molecule has 2 N–H and O–H groups in total. The van der Waals surface area contributed by atoms with Crippen LogP contribution < -0.4 is 5.32 Å². The maximum Gasteiger partial charge on any atom is 0.224 e. The number of halogens is 2. The summed E-state index contributed by atoms with van der Waals surface area (Å²) < 4.78 is 6.82. The van der Waals surface area contributed by atoms with E-state index in [1.54, 1.807) is 35.0 Å². The van der Waals surface area contributed by atoms with Crippen LogP contribution in [-0.2, 0) is 11.2 Å². The summed E-state index contributed by atoms with van der Waals surface area (Å²) in [6, 6.07) is 8.51. The Morgan fingerprint density at radius 1 is 1.33 bits per heavy atom. The molecule has 0 bridgehead atoms. The second-order valence-electron chi connectivity index (χ2n) is 6.17. The molecule has 1 atom stereocenters. The number of aliphatic hydroxyl groups is 1. The number of furan rings is 1. The summed E-state index contributed by atoms with van der Waals surface area (Å²) in [5.41, 5.74) is 3.06. The van der Waals surface area contributed by atoms with E-state index in [-0.39, 0.29) is 18.9 Å². The zero-order valence-electron chi connectivity index (χ0n) is 14.9. The molecule has 1 amide bonds. The number of rotatable bonds is 6. The van der Waals surface area contributed by atoms with E-state index in [4.69, 9.17) is 27.6 Å². The van der Waals surface area contributed by atoms with Crippen molar-refractivity contribution in [1.29, 1.82) is 0 Å². The van der Waals surface area contributed by atoms with E-state index < -0.39 is 6.10 Å². The molecule has 2 aromatic heterocycles. The normalized spacial score (nSPS) is 12.2. The Morgan fingerprint density at radius 2 is 2.11 bits per heavy atom. The molecule has 6 nitrogen and oxygen atoms in total. The fourth-order valence-electron chi connectivity index (χ4n) is 2.83. The summed E-state index contributed by atoms with van der Waals surface area (Å²) in [5.74, 6) is 0.196. The highest BCUT2D eigenvalue weighted by Gasteiger charge is 2.18. The summed E-state index contributed by atoms with van der Waals surface area (Å²) in [6.07, 6.45) is 0.735. The van der Waals surface area contributed by atoms with Crippen molar-refractivity contribution in [2.24, 2.45) is 0 Å². The highest BCUT2D eigenvalue weighted by atomic mass is 35.5. The van der Waals surface area contributed by atoms with E-state index in [0.29, 0.717) is 21.5 Å². The molecule has 0 radical (unpaired) electrons. The number of benzene rings is 1. The molecule has 8 heteroatoms. The van der Waals surface area contributed by atoms with Crippen LogP contribution in [0.5, 0.6) is 0 Å². The van der Waals surface area contributed by atoms with Gasteiger partial charge < -0.3 is 14.8 Å². The minimum absolute atomic E-state index is 0.0710. The number of nitrogens with zero attached hydrogens (tertiary/aromatic N) is 2. The Labute approximate surface area is 166 Å². The first-order chi connectivity index (χ1) is 12.9. The van der Waals surface area contributed by atoms with Gasteiger partial charge in [0.25, 0.3) is 0 Å². The van der Waals surface area contributed by atoms with Gasteiger partial charge in [-0.25, -0.2) is 4.68 Å². The zero-order valence-corrected chi connectivity index (χ0v) is 16.4. The van der Waals surface area contributed by atoms with E-state index in [1.165, 1.54) is 6.26 Å². The van der Waals surface area contributed by atoms with Crippen molar-refractivity contribution in [2.45, 2.75) is 26.4 Å². The van der Waals surface area contributed by atoms with E-state index in [9.17, 15) is 9.90 Å². The molecule has 1 unspecified atom stereocenters. The second-order valence-corrected chi connectivity index (χ2v) is 7.01. The number of aryl methyl sites for hydroxylation is 1. The molecule has 0 spiro atoms. The molecule has 1 aromatic carbocycles. The van der Waals surface area contributed by atoms with Gasteiger partial charge in [-0.05, 0) is 44.2 Å². The monoisotopic (exact) mass is 407 g/mol. The van der Waals surface area contributed by atoms with Gasteiger partial charge in [0, 0.05) is 16.3 Å². The summed E-state index contributed by atoms with van der Waals surface area (Å²) in [5, 5.41) is 18.2. The van der Waals surface area contributed by atoms with Crippen LogP contribution in [0.15, 0.2) is 41.0 Å². The second kappa shape index (κ2) is 8.17. The Kier molecular flexibility index (Phi) is 5.89. The summed E-state index contributed by atoms with van der Waals surface area (Å²) in [6.45, 7) is 3.79. The number of amides is 1. The van der Waals surface area contributed by atoms with E-state index in [0.717, 1.165) is 17.0 Å². The molecule has 2 heterocycles. The first kappa shape index (κ1) is 19.5. The topological polar surface area (TPSA) is 80.3 Å². The summed E-state index contributed by atoms with van der Waals surface area (Å²) in [4.78, 5) is 12.3. The SMILES string of the molecule is Cc1nn(-c2ccc(Cl)cc2Cl)c(C)c1CC(=O)NCC(O)c1ccco1. The highest BCUT2D eigenvalue weighted by molar-refractivity contribution is 6.35.